The Morgan fingerprint density at radius 1 is 0.892 bits per heavy atom. The van der Waals surface area contributed by atoms with E-state index in [1.165, 1.54) is 23.1 Å². The summed E-state index contributed by atoms with van der Waals surface area (Å²) < 4.78 is 11.0. The molecule has 3 aromatic carbocycles. The lowest BCUT2D eigenvalue weighted by molar-refractivity contribution is -0.118. The monoisotopic (exact) mass is 499 g/mol. The molecule has 2 heterocycles. The van der Waals surface area contributed by atoms with Crippen LogP contribution in [0.3, 0.4) is 0 Å². The van der Waals surface area contributed by atoms with Crippen molar-refractivity contribution in [1.82, 2.24) is 4.90 Å². The smallest absolute Gasteiger partial charge is 0.262 e. The SMILES string of the molecule is O=C(COc1ccccc1)Nc1cccc(NC(=O)c2ccc3c(c2)C(=O)N(CC2CCCO2)C3=O)c1. The van der Waals surface area contributed by atoms with E-state index in [4.69, 9.17) is 9.47 Å². The second-order valence-electron chi connectivity index (χ2n) is 8.80. The highest BCUT2D eigenvalue weighted by atomic mass is 16.5. The lowest BCUT2D eigenvalue weighted by Crippen LogP contribution is -2.36. The number of fused-ring (bicyclic) bond motifs is 1. The molecule has 1 saturated heterocycles. The zero-order chi connectivity index (χ0) is 25.8. The van der Waals surface area contributed by atoms with Gasteiger partial charge in [-0.3, -0.25) is 24.1 Å². The average molecular weight is 500 g/mol. The number of para-hydroxylation sites is 1. The van der Waals surface area contributed by atoms with Crippen molar-refractivity contribution in [3.05, 3.63) is 89.5 Å². The minimum atomic E-state index is -0.448. The molecular weight excluding hydrogens is 474 g/mol. The van der Waals surface area contributed by atoms with Crippen LogP contribution in [-0.2, 0) is 9.53 Å². The molecule has 2 aliphatic rings. The largest absolute Gasteiger partial charge is 0.484 e. The number of imide groups is 1. The Balaban J connectivity index is 1.21. The molecule has 0 spiro atoms. The van der Waals surface area contributed by atoms with Gasteiger partial charge in [0, 0.05) is 23.5 Å². The Hall–Kier alpha value is -4.50. The highest BCUT2D eigenvalue weighted by Crippen LogP contribution is 2.26. The van der Waals surface area contributed by atoms with Gasteiger partial charge in [-0.05, 0) is 61.4 Å². The molecule has 9 nitrogen and oxygen atoms in total. The molecule has 4 amide bonds. The van der Waals surface area contributed by atoms with Crippen LogP contribution < -0.4 is 15.4 Å². The molecule has 0 bridgehead atoms. The van der Waals surface area contributed by atoms with Crippen LogP contribution in [0.15, 0.2) is 72.8 Å². The number of rotatable bonds is 8. The fourth-order valence-electron chi connectivity index (χ4n) is 4.33. The molecule has 1 fully saturated rings. The fraction of sp³-hybridized carbons (Fsp3) is 0.214. The Kier molecular flexibility index (Phi) is 6.96. The van der Waals surface area contributed by atoms with Crippen LogP contribution in [0.5, 0.6) is 5.75 Å². The van der Waals surface area contributed by atoms with Gasteiger partial charge in [0.15, 0.2) is 6.61 Å². The third kappa shape index (κ3) is 5.52. The van der Waals surface area contributed by atoms with Crippen molar-refractivity contribution >= 4 is 35.0 Å². The molecule has 1 atom stereocenters. The van der Waals surface area contributed by atoms with Gasteiger partial charge >= 0.3 is 0 Å². The molecule has 0 aromatic heterocycles. The van der Waals surface area contributed by atoms with Gasteiger partial charge in [-0.1, -0.05) is 24.3 Å². The summed E-state index contributed by atoms with van der Waals surface area (Å²) in [4.78, 5) is 52.0. The number of benzene rings is 3. The van der Waals surface area contributed by atoms with E-state index in [-0.39, 0.29) is 47.8 Å². The van der Waals surface area contributed by atoms with E-state index in [0.717, 1.165) is 12.8 Å². The number of amides is 4. The normalized spacial score (nSPS) is 16.4. The van der Waals surface area contributed by atoms with Crippen LogP contribution in [0.1, 0.15) is 43.9 Å². The van der Waals surface area contributed by atoms with Crippen molar-refractivity contribution in [1.29, 1.82) is 0 Å². The van der Waals surface area contributed by atoms with Gasteiger partial charge in [0.2, 0.25) is 0 Å². The summed E-state index contributed by atoms with van der Waals surface area (Å²) in [5.74, 6) is -1.00. The first-order valence-electron chi connectivity index (χ1n) is 12.0. The van der Waals surface area contributed by atoms with Gasteiger partial charge in [0.1, 0.15) is 5.75 Å². The molecule has 5 rings (SSSR count). The van der Waals surface area contributed by atoms with Gasteiger partial charge in [0.05, 0.1) is 23.8 Å². The van der Waals surface area contributed by atoms with Crippen molar-refractivity contribution in [3.8, 4) is 5.75 Å². The molecule has 1 unspecified atom stereocenters. The Bertz CT molecular complexity index is 1350. The molecule has 0 saturated carbocycles. The summed E-state index contributed by atoms with van der Waals surface area (Å²) in [7, 11) is 0. The molecule has 188 valence electrons. The molecular formula is C28H25N3O6. The minimum Gasteiger partial charge on any atom is -0.484 e. The van der Waals surface area contributed by atoms with Gasteiger partial charge in [-0.15, -0.1) is 0 Å². The number of nitrogens with one attached hydrogen (secondary N) is 2. The van der Waals surface area contributed by atoms with Gasteiger partial charge in [-0.2, -0.15) is 0 Å². The average Bonchev–Trinajstić information content (AvgIpc) is 3.51. The molecule has 0 radical (unpaired) electrons. The number of nitrogens with zero attached hydrogens (tertiary/aromatic N) is 1. The second kappa shape index (κ2) is 10.6. The van der Waals surface area contributed by atoms with Crippen LogP contribution in [0.25, 0.3) is 0 Å². The van der Waals surface area contributed by atoms with Crippen molar-refractivity contribution < 1.29 is 28.7 Å². The highest BCUT2D eigenvalue weighted by Gasteiger charge is 2.38. The maximum atomic E-state index is 12.9. The van der Waals surface area contributed by atoms with Crippen molar-refractivity contribution in [2.45, 2.75) is 18.9 Å². The number of anilines is 2. The quantitative estimate of drug-likeness (QED) is 0.457. The number of hydrogen-bond acceptors (Lipinski definition) is 6. The van der Waals surface area contributed by atoms with E-state index in [1.54, 1.807) is 36.4 Å². The molecule has 3 aromatic rings. The highest BCUT2D eigenvalue weighted by molar-refractivity contribution is 6.22. The van der Waals surface area contributed by atoms with Gasteiger partial charge in [-0.25, -0.2) is 0 Å². The predicted octanol–water partition coefficient (Wildman–Crippen LogP) is 3.73. The molecule has 2 N–H and O–H groups in total. The lowest BCUT2D eigenvalue weighted by atomic mass is 10.1. The second-order valence-corrected chi connectivity index (χ2v) is 8.80. The minimum absolute atomic E-state index is 0.150. The van der Waals surface area contributed by atoms with E-state index in [9.17, 15) is 19.2 Å². The first-order valence-corrected chi connectivity index (χ1v) is 12.0. The van der Waals surface area contributed by atoms with Crippen molar-refractivity contribution in [2.24, 2.45) is 0 Å². The summed E-state index contributed by atoms with van der Waals surface area (Å²) in [6.45, 7) is 0.680. The zero-order valence-electron chi connectivity index (χ0n) is 19.9. The van der Waals surface area contributed by atoms with E-state index in [2.05, 4.69) is 10.6 Å². The Labute approximate surface area is 213 Å². The molecule has 9 heteroatoms. The van der Waals surface area contributed by atoms with E-state index in [1.807, 2.05) is 18.2 Å². The van der Waals surface area contributed by atoms with Gasteiger partial charge < -0.3 is 20.1 Å². The standard InChI is InChI=1S/C28H25N3O6/c32-25(17-37-21-8-2-1-3-9-21)29-19-6-4-7-20(15-19)30-26(33)18-11-12-23-24(14-18)28(35)31(27(23)34)16-22-10-5-13-36-22/h1-4,6-9,11-12,14-15,22H,5,10,13,16-17H2,(H,29,32)(H,30,33). The number of hydrogen-bond donors (Lipinski definition) is 2. The first-order chi connectivity index (χ1) is 18.0. The third-order valence-electron chi connectivity index (χ3n) is 6.16. The van der Waals surface area contributed by atoms with Crippen LogP contribution in [0, 0.1) is 0 Å². The molecule has 37 heavy (non-hydrogen) atoms. The summed E-state index contributed by atoms with van der Waals surface area (Å²) >= 11 is 0. The van der Waals surface area contributed by atoms with Crippen LogP contribution in [0.2, 0.25) is 0 Å². The number of carbonyl (C=O) groups is 4. The van der Waals surface area contributed by atoms with Crippen molar-refractivity contribution in [3.63, 3.8) is 0 Å². The lowest BCUT2D eigenvalue weighted by Gasteiger charge is -2.17. The van der Waals surface area contributed by atoms with E-state index in [0.29, 0.717) is 23.7 Å². The zero-order valence-corrected chi connectivity index (χ0v) is 19.9. The van der Waals surface area contributed by atoms with E-state index < -0.39 is 11.8 Å². The summed E-state index contributed by atoms with van der Waals surface area (Å²) in [5, 5.41) is 5.50. The Morgan fingerprint density at radius 3 is 2.41 bits per heavy atom. The molecule has 0 aliphatic carbocycles. The topological polar surface area (TPSA) is 114 Å². The van der Waals surface area contributed by atoms with E-state index >= 15 is 0 Å². The predicted molar refractivity (Wildman–Crippen MR) is 136 cm³/mol. The summed E-state index contributed by atoms with van der Waals surface area (Å²) in [6, 6.07) is 20.1. The van der Waals surface area contributed by atoms with Crippen LogP contribution in [0.4, 0.5) is 11.4 Å². The Morgan fingerprint density at radius 2 is 1.65 bits per heavy atom. The van der Waals surface area contributed by atoms with Gasteiger partial charge in [0.25, 0.3) is 23.6 Å². The van der Waals surface area contributed by atoms with Crippen LogP contribution in [-0.4, -0.2) is 54.4 Å². The summed E-state index contributed by atoms with van der Waals surface area (Å²) in [6.07, 6.45) is 1.56. The summed E-state index contributed by atoms with van der Waals surface area (Å²) in [5.41, 5.74) is 1.66. The van der Waals surface area contributed by atoms with Crippen molar-refractivity contribution in [2.75, 3.05) is 30.4 Å². The number of carbonyl (C=O) groups excluding carboxylic acids is 4. The number of ether oxygens (including phenoxy) is 2. The maximum absolute atomic E-state index is 12.9. The molecule has 2 aliphatic heterocycles. The first kappa shape index (κ1) is 24.2. The fourth-order valence-corrected chi connectivity index (χ4v) is 4.33. The third-order valence-corrected chi connectivity index (χ3v) is 6.16. The maximum Gasteiger partial charge on any atom is 0.262 e. The van der Waals surface area contributed by atoms with Crippen LogP contribution >= 0.6 is 0 Å².